The molecule has 0 aliphatic rings. The largest absolute Gasteiger partial charge is 0.396 e. The van der Waals surface area contributed by atoms with Crippen molar-refractivity contribution in [3.8, 4) is 0 Å². The Balaban J connectivity index is 3.39. The number of hydrogen-bond acceptors (Lipinski definition) is 1. The van der Waals surface area contributed by atoms with Gasteiger partial charge in [-0.05, 0) is 40.4 Å². The Morgan fingerprint density at radius 2 is 1.37 bits per heavy atom. The lowest BCUT2D eigenvalue weighted by molar-refractivity contribution is 0.288. The number of aryl methyl sites for hydroxylation is 1. The van der Waals surface area contributed by atoms with E-state index >= 15 is 0 Å². The highest BCUT2D eigenvalue weighted by Crippen LogP contribution is 2.38. The van der Waals surface area contributed by atoms with Crippen LogP contribution in [0.1, 0.15) is 64.7 Å². The first-order valence-corrected chi connectivity index (χ1v) is 7.81. The van der Waals surface area contributed by atoms with E-state index in [4.69, 9.17) is 5.11 Å². The molecule has 108 valence electrons. The third kappa shape index (κ3) is 4.32. The first-order chi connectivity index (χ1) is 8.57. The minimum absolute atomic E-state index is 0.119. The van der Waals surface area contributed by atoms with Crippen LogP contribution in [-0.4, -0.2) is 11.7 Å². The van der Waals surface area contributed by atoms with Gasteiger partial charge in [-0.25, -0.2) is 0 Å². The van der Waals surface area contributed by atoms with Gasteiger partial charge in [-0.3, -0.25) is 0 Å². The zero-order valence-electron chi connectivity index (χ0n) is 13.1. The number of aliphatic hydroxyl groups excluding tert-OH is 1. The molecule has 0 aliphatic carbocycles. The Hall–Kier alpha value is -0.340. The molecular formula is C17H27BrO. The third-order valence-electron chi connectivity index (χ3n) is 3.37. The summed E-state index contributed by atoms with van der Waals surface area (Å²) in [6.45, 7) is 13.7. The average Bonchev–Trinajstić information content (AvgIpc) is 2.24. The highest BCUT2D eigenvalue weighted by atomic mass is 79.9. The summed E-state index contributed by atoms with van der Waals surface area (Å²) in [4.78, 5) is 0. The van der Waals surface area contributed by atoms with Crippen molar-refractivity contribution in [2.24, 2.45) is 0 Å². The Morgan fingerprint density at radius 1 is 0.947 bits per heavy atom. The summed E-state index contributed by atoms with van der Waals surface area (Å²) in [6, 6.07) is 4.57. The van der Waals surface area contributed by atoms with Crippen LogP contribution in [-0.2, 0) is 17.3 Å². The van der Waals surface area contributed by atoms with Crippen LogP contribution in [0.5, 0.6) is 0 Å². The standard InChI is InChI=1S/C17H27BrO/c1-16(2,3)13-10-12(8-7-9-19)11-14(15(13)18)17(4,5)6/h10-11,19H,7-9H2,1-6H3. The number of aliphatic hydroxyl groups is 1. The molecule has 1 nitrogen and oxygen atoms in total. The smallest absolute Gasteiger partial charge is 0.0434 e. The Kier molecular flexibility index (Phi) is 5.25. The maximum absolute atomic E-state index is 9.03. The van der Waals surface area contributed by atoms with Crippen LogP contribution < -0.4 is 0 Å². The van der Waals surface area contributed by atoms with Gasteiger partial charge in [0, 0.05) is 11.1 Å². The summed E-state index contributed by atoms with van der Waals surface area (Å²) in [5, 5.41) is 9.03. The van der Waals surface area contributed by atoms with Crippen LogP contribution in [0.3, 0.4) is 0 Å². The molecule has 1 aromatic carbocycles. The molecule has 0 saturated heterocycles. The second-order valence-electron chi connectivity index (χ2n) is 7.33. The van der Waals surface area contributed by atoms with Gasteiger partial charge in [0.15, 0.2) is 0 Å². The van der Waals surface area contributed by atoms with E-state index in [1.807, 2.05) is 0 Å². The summed E-state index contributed by atoms with van der Waals surface area (Å²) in [5.41, 5.74) is 4.27. The van der Waals surface area contributed by atoms with Crippen molar-refractivity contribution in [1.29, 1.82) is 0 Å². The maximum atomic E-state index is 9.03. The molecule has 1 N–H and O–H groups in total. The van der Waals surface area contributed by atoms with E-state index in [9.17, 15) is 0 Å². The topological polar surface area (TPSA) is 20.2 Å². The molecule has 0 unspecified atom stereocenters. The summed E-state index contributed by atoms with van der Waals surface area (Å²) in [7, 11) is 0. The first-order valence-electron chi connectivity index (χ1n) is 7.01. The number of rotatable bonds is 3. The van der Waals surface area contributed by atoms with E-state index in [-0.39, 0.29) is 17.4 Å². The van der Waals surface area contributed by atoms with E-state index in [0.29, 0.717) is 0 Å². The van der Waals surface area contributed by atoms with Gasteiger partial charge in [0.25, 0.3) is 0 Å². The normalized spacial score (nSPS) is 12.8. The van der Waals surface area contributed by atoms with Crippen LogP contribution in [0.15, 0.2) is 16.6 Å². The van der Waals surface area contributed by atoms with Gasteiger partial charge in [0.2, 0.25) is 0 Å². The minimum Gasteiger partial charge on any atom is -0.396 e. The lowest BCUT2D eigenvalue weighted by Crippen LogP contribution is -2.19. The Bertz CT molecular complexity index is 401. The summed E-state index contributed by atoms with van der Waals surface area (Å²) in [5.74, 6) is 0. The van der Waals surface area contributed by atoms with E-state index in [2.05, 4.69) is 69.6 Å². The van der Waals surface area contributed by atoms with Crippen LogP contribution in [0, 0.1) is 0 Å². The molecule has 19 heavy (non-hydrogen) atoms. The molecule has 0 atom stereocenters. The highest BCUT2D eigenvalue weighted by molar-refractivity contribution is 9.10. The number of hydrogen-bond donors (Lipinski definition) is 1. The van der Waals surface area contributed by atoms with Crippen molar-refractivity contribution in [3.63, 3.8) is 0 Å². The second kappa shape index (κ2) is 5.97. The Morgan fingerprint density at radius 3 is 1.68 bits per heavy atom. The maximum Gasteiger partial charge on any atom is 0.0434 e. The van der Waals surface area contributed by atoms with Crippen LogP contribution >= 0.6 is 15.9 Å². The van der Waals surface area contributed by atoms with Gasteiger partial charge in [-0.1, -0.05) is 69.6 Å². The third-order valence-corrected chi connectivity index (χ3v) is 4.23. The Labute approximate surface area is 126 Å². The van der Waals surface area contributed by atoms with E-state index in [1.54, 1.807) is 0 Å². The van der Waals surface area contributed by atoms with Gasteiger partial charge in [0.05, 0.1) is 0 Å². The van der Waals surface area contributed by atoms with Crippen LogP contribution in [0.25, 0.3) is 0 Å². The fraction of sp³-hybridized carbons (Fsp3) is 0.647. The van der Waals surface area contributed by atoms with E-state index in [0.717, 1.165) is 12.8 Å². The molecule has 0 spiro atoms. The zero-order chi connectivity index (χ0) is 14.8. The molecule has 0 saturated carbocycles. The molecule has 0 fully saturated rings. The number of halogens is 1. The van der Waals surface area contributed by atoms with Crippen molar-refractivity contribution in [1.82, 2.24) is 0 Å². The van der Waals surface area contributed by atoms with E-state index < -0.39 is 0 Å². The van der Waals surface area contributed by atoms with Crippen molar-refractivity contribution in [2.45, 2.75) is 65.2 Å². The summed E-state index contributed by atoms with van der Waals surface area (Å²) in [6.07, 6.45) is 1.77. The lowest BCUT2D eigenvalue weighted by Gasteiger charge is -2.29. The molecule has 0 aromatic heterocycles. The van der Waals surface area contributed by atoms with Crippen molar-refractivity contribution in [3.05, 3.63) is 33.3 Å². The predicted molar refractivity (Wildman–Crippen MR) is 86.9 cm³/mol. The fourth-order valence-electron chi connectivity index (χ4n) is 2.20. The van der Waals surface area contributed by atoms with Crippen LogP contribution in [0.2, 0.25) is 0 Å². The van der Waals surface area contributed by atoms with Gasteiger partial charge in [0.1, 0.15) is 0 Å². The van der Waals surface area contributed by atoms with Crippen molar-refractivity contribution >= 4 is 15.9 Å². The van der Waals surface area contributed by atoms with Crippen molar-refractivity contribution < 1.29 is 5.11 Å². The van der Waals surface area contributed by atoms with Gasteiger partial charge < -0.3 is 5.11 Å². The second-order valence-corrected chi connectivity index (χ2v) is 8.13. The summed E-state index contributed by atoms with van der Waals surface area (Å²) >= 11 is 3.81. The molecule has 0 aliphatic heterocycles. The molecule has 1 aromatic rings. The fourth-order valence-corrected chi connectivity index (χ4v) is 3.62. The molecule has 0 radical (unpaired) electrons. The zero-order valence-corrected chi connectivity index (χ0v) is 14.7. The van der Waals surface area contributed by atoms with Gasteiger partial charge in [-0.2, -0.15) is 0 Å². The highest BCUT2D eigenvalue weighted by Gasteiger charge is 2.25. The lowest BCUT2D eigenvalue weighted by atomic mass is 9.79. The van der Waals surface area contributed by atoms with Crippen LogP contribution in [0.4, 0.5) is 0 Å². The van der Waals surface area contributed by atoms with Crippen molar-refractivity contribution in [2.75, 3.05) is 6.61 Å². The van der Waals surface area contributed by atoms with Gasteiger partial charge in [-0.15, -0.1) is 0 Å². The molecular weight excluding hydrogens is 300 g/mol. The average molecular weight is 327 g/mol. The molecule has 0 bridgehead atoms. The van der Waals surface area contributed by atoms with Gasteiger partial charge >= 0.3 is 0 Å². The SMILES string of the molecule is CC(C)(C)c1cc(CCCO)cc(C(C)(C)C)c1Br. The summed E-state index contributed by atoms with van der Waals surface area (Å²) < 4.78 is 1.24. The molecule has 0 amide bonds. The quantitative estimate of drug-likeness (QED) is 0.831. The molecule has 1 rings (SSSR count). The molecule has 2 heteroatoms. The first kappa shape index (κ1) is 16.7. The predicted octanol–water partition coefficient (Wildman–Crippen LogP) is 4.97. The van der Waals surface area contributed by atoms with E-state index in [1.165, 1.54) is 21.2 Å². The minimum atomic E-state index is 0.119. The monoisotopic (exact) mass is 326 g/mol. The number of benzene rings is 1. The molecule has 0 heterocycles.